The van der Waals surface area contributed by atoms with Gasteiger partial charge in [0, 0.05) is 18.5 Å². The molecule has 1 aliphatic rings. The number of carbonyl (C=O) groups is 1. The van der Waals surface area contributed by atoms with Gasteiger partial charge in [-0.3, -0.25) is 4.79 Å². The number of hydrogen-bond acceptors (Lipinski definition) is 2. The molecule has 1 fully saturated rings. The van der Waals surface area contributed by atoms with Crippen LogP contribution in [-0.2, 0) is 4.79 Å². The van der Waals surface area contributed by atoms with Crippen molar-refractivity contribution in [3.05, 3.63) is 0 Å². The van der Waals surface area contributed by atoms with E-state index in [1.54, 1.807) is 0 Å². The van der Waals surface area contributed by atoms with Crippen molar-refractivity contribution in [3.8, 4) is 0 Å². The number of amides is 1. The molecule has 0 bridgehead atoms. The van der Waals surface area contributed by atoms with E-state index in [0.717, 1.165) is 19.3 Å². The zero-order chi connectivity index (χ0) is 11.5. The lowest BCUT2D eigenvalue weighted by molar-refractivity contribution is -0.144. The second-order valence-corrected chi connectivity index (χ2v) is 4.11. The molecule has 1 aliphatic carbocycles. The van der Waals surface area contributed by atoms with Crippen molar-refractivity contribution in [3.63, 3.8) is 0 Å². The molecule has 0 spiro atoms. The van der Waals surface area contributed by atoms with E-state index in [9.17, 15) is 18.0 Å². The summed E-state index contributed by atoms with van der Waals surface area (Å²) in [6.45, 7) is 0.281. The van der Waals surface area contributed by atoms with Gasteiger partial charge in [0.15, 0.2) is 0 Å². The molecule has 0 heterocycles. The van der Waals surface area contributed by atoms with Gasteiger partial charge in [0.2, 0.25) is 5.91 Å². The fraction of sp³-hybridized carbons (Fsp3) is 0.889. The molecule has 0 aliphatic heterocycles. The Morgan fingerprint density at radius 1 is 1.38 bits per heavy atom. The molecule has 0 saturated heterocycles. The smallest absolute Gasteiger partial charge is 0.354 e. The van der Waals surface area contributed by atoms with Crippen LogP contribution in [-0.4, -0.2) is 24.2 Å². The molecule has 1 amide bonds. The lowest BCUT2D eigenvalue weighted by Gasteiger charge is -2.38. The molecule has 96 valence electrons. The average molecular weight is 261 g/mol. The second kappa shape index (κ2) is 5.72. The third-order valence-corrected chi connectivity index (χ3v) is 2.62. The number of nitrogens with one attached hydrogen (secondary N) is 1. The molecule has 0 unspecified atom stereocenters. The van der Waals surface area contributed by atoms with Gasteiger partial charge in [-0.25, -0.2) is 0 Å². The zero-order valence-corrected chi connectivity index (χ0v) is 9.59. The van der Waals surface area contributed by atoms with E-state index in [-0.39, 0.29) is 24.5 Å². The first-order chi connectivity index (χ1) is 6.81. The van der Waals surface area contributed by atoms with Crippen molar-refractivity contribution < 1.29 is 18.0 Å². The molecule has 0 atom stereocenters. The van der Waals surface area contributed by atoms with Gasteiger partial charge in [-0.05, 0) is 19.3 Å². The molecule has 0 aromatic carbocycles. The molecule has 0 aromatic heterocycles. The van der Waals surface area contributed by atoms with Crippen LogP contribution < -0.4 is 11.1 Å². The Hall–Kier alpha value is -0.490. The second-order valence-electron chi connectivity index (χ2n) is 4.11. The third-order valence-electron chi connectivity index (χ3n) is 2.62. The Balaban J connectivity index is 0.00000225. The van der Waals surface area contributed by atoms with Crippen molar-refractivity contribution in [2.45, 2.75) is 43.8 Å². The highest BCUT2D eigenvalue weighted by Gasteiger charge is 2.33. The topological polar surface area (TPSA) is 55.1 Å². The van der Waals surface area contributed by atoms with Gasteiger partial charge in [-0.1, -0.05) is 0 Å². The maximum Gasteiger partial charge on any atom is 0.389 e. The molecule has 3 N–H and O–H groups in total. The van der Waals surface area contributed by atoms with E-state index in [0.29, 0.717) is 0 Å². The Labute approximate surface area is 98.4 Å². The monoisotopic (exact) mass is 260 g/mol. The van der Waals surface area contributed by atoms with Crippen LogP contribution in [0.3, 0.4) is 0 Å². The van der Waals surface area contributed by atoms with E-state index < -0.39 is 24.9 Å². The summed E-state index contributed by atoms with van der Waals surface area (Å²) in [5, 5.41) is 2.43. The van der Waals surface area contributed by atoms with E-state index in [1.165, 1.54) is 0 Å². The fourth-order valence-corrected chi connectivity index (χ4v) is 1.43. The van der Waals surface area contributed by atoms with E-state index in [4.69, 9.17) is 5.73 Å². The van der Waals surface area contributed by atoms with Crippen LogP contribution in [0.1, 0.15) is 32.1 Å². The predicted molar refractivity (Wildman–Crippen MR) is 56.3 cm³/mol. The minimum atomic E-state index is -4.27. The predicted octanol–water partition coefficient (Wildman–Crippen LogP) is 1.75. The van der Waals surface area contributed by atoms with Crippen LogP contribution in [0.25, 0.3) is 0 Å². The highest BCUT2D eigenvalue weighted by atomic mass is 35.5. The largest absolute Gasteiger partial charge is 0.389 e. The van der Waals surface area contributed by atoms with Gasteiger partial charge in [-0.15, -0.1) is 12.4 Å². The number of alkyl halides is 3. The summed E-state index contributed by atoms with van der Waals surface area (Å²) in [6.07, 6.45) is -3.18. The Kier molecular flexibility index (Phi) is 5.55. The van der Waals surface area contributed by atoms with Crippen LogP contribution in [0.2, 0.25) is 0 Å². The first-order valence-electron chi connectivity index (χ1n) is 4.93. The van der Waals surface area contributed by atoms with Crippen LogP contribution in [0, 0.1) is 0 Å². The number of nitrogens with two attached hydrogens (primary N) is 1. The van der Waals surface area contributed by atoms with Crippen molar-refractivity contribution >= 4 is 18.3 Å². The molecule has 3 nitrogen and oxygen atoms in total. The molecule has 7 heteroatoms. The standard InChI is InChI=1S/C9H15F3N2O.ClH/c10-9(11,12)5-2-7(15)14-6-8(13)3-1-4-8;/h1-6,13H2,(H,14,15);1H. The molecule has 1 saturated carbocycles. The Morgan fingerprint density at radius 2 is 1.94 bits per heavy atom. The molecule has 0 aromatic rings. The quantitative estimate of drug-likeness (QED) is 0.809. The maximum absolute atomic E-state index is 11.8. The minimum Gasteiger partial charge on any atom is -0.354 e. The van der Waals surface area contributed by atoms with Gasteiger partial charge in [0.25, 0.3) is 0 Å². The van der Waals surface area contributed by atoms with E-state index >= 15 is 0 Å². The van der Waals surface area contributed by atoms with Crippen molar-refractivity contribution in [1.82, 2.24) is 5.32 Å². The summed E-state index contributed by atoms with van der Waals surface area (Å²) in [6, 6.07) is 0. The van der Waals surface area contributed by atoms with Crippen molar-refractivity contribution in [2.75, 3.05) is 6.54 Å². The van der Waals surface area contributed by atoms with Crippen LogP contribution in [0.15, 0.2) is 0 Å². The normalized spacial score (nSPS) is 18.2. The molecule has 16 heavy (non-hydrogen) atoms. The summed E-state index contributed by atoms with van der Waals surface area (Å²) in [7, 11) is 0. The van der Waals surface area contributed by atoms with Crippen LogP contribution >= 0.6 is 12.4 Å². The van der Waals surface area contributed by atoms with Crippen LogP contribution in [0.4, 0.5) is 13.2 Å². The van der Waals surface area contributed by atoms with Gasteiger partial charge in [0.05, 0.1) is 6.42 Å². The third kappa shape index (κ3) is 5.55. The SMILES string of the molecule is Cl.NC1(CNC(=O)CCC(F)(F)F)CCC1. The average Bonchev–Trinajstić information content (AvgIpc) is 2.07. The lowest BCUT2D eigenvalue weighted by atomic mass is 9.78. The summed E-state index contributed by atoms with van der Waals surface area (Å²) in [5.41, 5.74) is 5.42. The number of hydrogen-bond donors (Lipinski definition) is 2. The maximum atomic E-state index is 11.8. The molecular weight excluding hydrogens is 245 g/mol. The number of carbonyl (C=O) groups excluding carboxylic acids is 1. The highest BCUT2D eigenvalue weighted by Crippen LogP contribution is 2.28. The van der Waals surface area contributed by atoms with Crippen molar-refractivity contribution in [2.24, 2.45) is 5.73 Å². The number of halogens is 4. The zero-order valence-electron chi connectivity index (χ0n) is 8.77. The summed E-state index contributed by atoms with van der Waals surface area (Å²) in [5.74, 6) is -0.580. The first-order valence-corrected chi connectivity index (χ1v) is 4.93. The fourth-order valence-electron chi connectivity index (χ4n) is 1.43. The van der Waals surface area contributed by atoms with Gasteiger partial charge < -0.3 is 11.1 Å². The highest BCUT2D eigenvalue weighted by molar-refractivity contribution is 5.85. The van der Waals surface area contributed by atoms with Gasteiger partial charge in [-0.2, -0.15) is 13.2 Å². The van der Waals surface area contributed by atoms with Crippen molar-refractivity contribution in [1.29, 1.82) is 0 Å². The summed E-state index contributed by atoms with van der Waals surface area (Å²) in [4.78, 5) is 11.0. The first kappa shape index (κ1) is 15.5. The Morgan fingerprint density at radius 3 is 2.31 bits per heavy atom. The number of rotatable bonds is 4. The molecule has 1 rings (SSSR count). The van der Waals surface area contributed by atoms with E-state index in [2.05, 4.69) is 5.32 Å². The van der Waals surface area contributed by atoms with Crippen LogP contribution in [0.5, 0.6) is 0 Å². The summed E-state index contributed by atoms with van der Waals surface area (Å²) >= 11 is 0. The Bertz CT molecular complexity index is 241. The molecule has 0 radical (unpaired) electrons. The summed E-state index contributed by atoms with van der Waals surface area (Å²) < 4.78 is 35.3. The van der Waals surface area contributed by atoms with Gasteiger partial charge in [0.1, 0.15) is 0 Å². The minimum absolute atomic E-state index is 0. The lowest BCUT2D eigenvalue weighted by Crippen LogP contribution is -2.54. The molecular formula is C9H16ClF3N2O. The van der Waals surface area contributed by atoms with Gasteiger partial charge >= 0.3 is 6.18 Å². The van der Waals surface area contributed by atoms with E-state index in [1.807, 2.05) is 0 Å².